The van der Waals surface area contributed by atoms with E-state index in [1.54, 1.807) is 24.3 Å². The number of nitrogens with zero attached hydrogens (tertiary/aromatic N) is 1. The van der Waals surface area contributed by atoms with Crippen molar-refractivity contribution in [3.63, 3.8) is 0 Å². The highest BCUT2D eigenvalue weighted by atomic mass is 16.5. The van der Waals surface area contributed by atoms with Crippen LogP contribution in [0.1, 0.15) is 6.42 Å². The monoisotopic (exact) mass is 350 g/mol. The molecule has 2 N–H and O–H groups in total. The molecule has 134 valence electrons. The molecule has 1 fully saturated rings. The number of carbonyl (C=O) groups is 2. The lowest BCUT2D eigenvalue weighted by atomic mass is 10.1. The maximum Gasteiger partial charge on any atom is 0.420 e. The molecular weight excluding hydrogens is 332 g/mol. The van der Waals surface area contributed by atoms with Gasteiger partial charge in [0.25, 0.3) is 0 Å². The molecule has 1 aromatic carbocycles. The first kappa shape index (κ1) is 17.2. The van der Waals surface area contributed by atoms with E-state index >= 15 is 0 Å². The fourth-order valence-corrected chi connectivity index (χ4v) is 2.78. The van der Waals surface area contributed by atoms with Crippen LogP contribution in [-0.2, 0) is 25.6 Å². The number of benzene rings is 1. The quantitative estimate of drug-likeness (QED) is 0.750. The van der Waals surface area contributed by atoms with Gasteiger partial charge in [-0.2, -0.15) is 0 Å². The largest absolute Gasteiger partial charge is 0.480 e. The van der Waals surface area contributed by atoms with E-state index in [2.05, 4.69) is 5.32 Å². The van der Waals surface area contributed by atoms with E-state index in [4.69, 9.17) is 19.0 Å². The molecule has 1 amide bonds. The van der Waals surface area contributed by atoms with Crippen molar-refractivity contribution >= 4 is 23.0 Å². The van der Waals surface area contributed by atoms with Crippen LogP contribution in [0.25, 0.3) is 11.1 Å². The van der Waals surface area contributed by atoms with Crippen molar-refractivity contribution < 1.29 is 28.6 Å². The van der Waals surface area contributed by atoms with E-state index in [0.717, 1.165) is 0 Å². The molecule has 0 spiro atoms. The molecule has 1 aliphatic heterocycles. The minimum absolute atomic E-state index is 0.196. The summed E-state index contributed by atoms with van der Waals surface area (Å²) in [6, 6.07) is 6.46. The first-order chi connectivity index (χ1) is 12.0. The first-order valence-electron chi connectivity index (χ1n) is 7.83. The highest BCUT2D eigenvalue weighted by Gasteiger charge is 2.29. The molecule has 2 heterocycles. The van der Waals surface area contributed by atoms with Crippen molar-refractivity contribution in [1.29, 1.82) is 0 Å². The molecule has 3 rings (SSSR count). The summed E-state index contributed by atoms with van der Waals surface area (Å²) in [5, 5.41) is 11.5. The maximum absolute atomic E-state index is 12.3. The Morgan fingerprint density at radius 2 is 2.16 bits per heavy atom. The Balaban J connectivity index is 1.67. The molecule has 9 heteroatoms. The van der Waals surface area contributed by atoms with Crippen molar-refractivity contribution in [3.8, 4) is 0 Å². The second kappa shape index (κ2) is 7.49. The molecule has 2 atom stereocenters. The predicted molar refractivity (Wildman–Crippen MR) is 85.2 cm³/mol. The van der Waals surface area contributed by atoms with E-state index in [1.165, 1.54) is 4.57 Å². The first-order valence-corrected chi connectivity index (χ1v) is 7.83. The van der Waals surface area contributed by atoms with Crippen LogP contribution in [-0.4, -0.2) is 53.5 Å². The normalized spacial score (nSPS) is 20.5. The zero-order valence-corrected chi connectivity index (χ0v) is 13.3. The molecule has 0 saturated carbocycles. The number of hydrogen-bond donors (Lipinski definition) is 2. The number of hydrogen-bond acceptors (Lipinski definition) is 6. The van der Waals surface area contributed by atoms with Crippen LogP contribution < -0.4 is 11.1 Å². The van der Waals surface area contributed by atoms with Gasteiger partial charge in [-0.25, -0.2) is 9.59 Å². The van der Waals surface area contributed by atoms with Crippen LogP contribution in [0.3, 0.4) is 0 Å². The Morgan fingerprint density at radius 3 is 2.96 bits per heavy atom. The fraction of sp³-hybridized carbons (Fsp3) is 0.438. The second-order valence-corrected chi connectivity index (χ2v) is 5.70. The minimum Gasteiger partial charge on any atom is -0.480 e. The Hall–Kier alpha value is -2.65. The van der Waals surface area contributed by atoms with Gasteiger partial charge >= 0.3 is 11.7 Å². The summed E-state index contributed by atoms with van der Waals surface area (Å²) in [5.41, 5.74) is 0.947. The van der Waals surface area contributed by atoms with Crippen molar-refractivity contribution in [1.82, 2.24) is 9.88 Å². The Labute approximate surface area is 142 Å². The van der Waals surface area contributed by atoms with Gasteiger partial charge in [0, 0.05) is 6.61 Å². The fourth-order valence-electron chi connectivity index (χ4n) is 2.78. The number of aromatic nitrogens is 1. The number of ether oxygens (including phenoxy) is 2. The summed E-state index contributed by atoms with van der Waals surface area (Å²) >= 11 is 0. The van der Waals surface area contributed by atoms with E-state index < -0.39 is 24.4 Å². The van der Waals surface area contributed by atoms with Gasteiger partial charge in [0.2, 0.25) is 5.91 Å². The number of aliphatic carboxylic acids is 1. The average Bonchev–Trinajstić information content (AvgIpc) is 2.90. The van der Waals surface area contributed by atoms with E-state index in [-0.39, 0.29) is 25.1 Å². The number of carbonyl (C=O) groups excluding carboxylic acids is 1. The molecule has 1 aromatic heterocycles. The highest BCUT2D eigenvalue weighted by molar-refractivity contribution is 5.79. The van der Waals surface area contributed by atoms with Crippen LogP contribution in [0, 0.1) is 0 Å². The summed E-state index contributed by atoms with van der Waals surface area (Å²) in [4.78, 5) is 34.9. The lowest BCUT2D eigenvalue weighted by Gasteiger charge is -2.31. The molecule has 0 aliphatic carbocycles. The summed E-state index contributed by atoms with van der Waals surface area (Å²) in [6.45, 7) is -0.0235. The number of fused-ring (bicyclic) bond motifs is 1. The van der Waals surface area contributed by atoms with E-state index in [0.29, 0.717) is 24.1 Å². The number of carboxylic acids is 1. The Morgan fingerprint density at radius 1 is 1.36 bits per heavy atom. The molecule has 0 unspecified atom stereocenters. The van der Waals surface area contributed by atoms with Crippen LogP contribution in [0.15, 0.2) is 33.5 Å². The van der Waals surface area contributed by atoms with Crippen molar-refractivity contribution in [2.75, 3.05) is 19.8 Å². The third-order valence-corrected chi connectivity index (χ3v) is 3.95. The third-order valence-electron chi connectivity index (χ3n) is 3.95. The summed E-state index contributed by atoms with van der Waals surface area (Å²) in [6.07, 6.45) is -0.0523. The van der Waals surface area contributed by atoms with Crippen LogP contribution >= 0.6 is 0 Å². The predicted octanol–water partition coefficient (Wildman–Crippen LogP) is -0.0306. The van der Waals surface area contributed by atoms with E-state index in [9.17, 15) is 14.4 Å². The standard InChI is InChI=1S/C16H18N2O7/c19-14(7-18-11-3-1-2-4-12(11)25-16(18)22)17-10-5-6-23-8-13(10)24-9-15(20)21/h1-4,10,13H,5-9H2,(H,17,19)(H,20,21)/t10-,13-/m1/s1. The summed E-state index contributed by atoms with van der Waals surface area (Å²) < 4.78 is 16.9. The van der Waals surface area contributed by atoms with Crippen LogP contribution in [0.4, 0.5) is 0 Å². The smallest absolute Gasteiger partial charge is 0.420 e. The van der Waals surface area contributed by atoms with Crippen molar-refractivity contribution in [3.05, 3.63) is 34.8 Å². The summed E-state index contributed by atoms with van der Waals surface area (Å²) in [5.74, 6) is -2.08. The number of rotatable bonds is 6. The van der Waals surface area contributed by atoms with Crippen LogP contribution in [0.2, 0.25) is 0 Å². The van der Waals surface area contributed by atoms with Gasteiger partial charge in [-0.15, -0.1) is 0 Å². The summed E-state index contributed by atoms with van der Waals surface area (Å²) in [7, 11) is 0. The molecule has 1 saturated heterocycles. The zero-order valence-electron chi connectivity index (χ0n) is 13.3. The van der Waals surface area contributed by atoms with Gasteiger partial charge in [0.1, 0.15) is 19.3 Å². The zero-order chi connectivity index (χ0) is 17.8. The molecule has 9 nitrogen and oxygen atoms in total. The van der Waals surface area contributed by atoms with Gasteiger partial charge in [-0.05, 0) is 18.6 Å². The van der Waals surface area contributed by atoms with Crippen molar-refractivity contribution in [2.24, 2.45) is 0 Å². The lowest BCUT2D eigenvalue weighted by Crippen LogP contribution is -2.51. The van der Waals surface area contributed by atoms with Crippen LogP contribution in [0.5, 0.6) is 0 Å². The number of carboxylic acid groups (broad SMARTS) is 1. The maximum atomic E-state index is 12.3. The number of oxazole rings is 1. The highest BCUT2D eigenvalue weighted by Crippen LogP contribution is 2.13. The SMILES string of the molecule is O=C(O)CO[C@@H]1COCC[C@H]1NC(=O)Cn1c(=O)oc2ccccc21. The van der Waals surface area contributed by atoms with Gasteiger partial charge in [0.05, 0.1) is 18.2 Å². The third kappa shape index (κ3) is 4.06. The molecule has 1 aliphatic rings. The minimum atomic E-state index is -1.09. The van der Waals surface area contributed by atoms with Gasteiger partial charge in [-0.1, -0.05) is 12.1 Å². The number of nitrogens with one attached hydrogen (secondary N) is 1. The van der Waals surface area contributed by atoms with Gasteiger partial charge < -0.3 is 24.3 Å². The number of para-hydroxylation sites is 2. The second-order valence-electron chi connectivity index (χ2n) is 5.70. The Bertz CT molecular complexity index is 825. The van der Waals surface area contributed by atoms with E-state index in [1.807, 2.05) is 0 Å². The topological polar surface area (TPSA) is 120 Å². The lowest BCUT2D eigenvalue weighted by molar-refractivity contribution is -0.149. The van der Waals surface area contributed by atoms with Gasteiger partial charge in [-0.3, -0.25) is 9.36 Å². The van der Waals surface area contributed by atoms with Gasteiger partial charge in [0.15, 0.2) is 5.58 Å². The molecule has 0 bridgehead atoms. The Kier molecular flexibility index (Phi) is 5.15. The molecule has 0 radical (unpaired) electrons. The number of amides is 1. The molecular formula is C16H18N2O7. The molecule has 2 aromatic rings. The average molecular weight is 350 g/mol. The van der Waals surface area contributed by atoms with Crippen molar-refractivity contribution in [2.45, 2.75) is 25.1 Å². The molecule has 25 heavy (non-hydrogen) atoms.